The maximum atomic E-state index is 11.4. The minimum atomic E-state index is -0.265. The number of allylic oxidation sites excluding steroid dienone is 1. The number of halogens is 1. The molecule has 0 aliphatic rings. The maximum Gasteiger partial charge on any atom is 0.338 e. The van der Waals surface area contributed by atoms with E-state index in [9.17, 15) is 4.79 Å². The first kappa shape index (κ1) is 13.0. The molecule has 16 heavy (non-hydrogen) atoms. The van der Waals surface area contributed by atoms with Crippen LogP contribution in [0.2, 0.25) is 0 Å². The molecule has 0 spiro atoms. The third kappa shape index (κ3) is 4.19. The molecular formula is C13H15BrO2. The average Bonchev–Trinajstić information content (AvgIpc) is 2.27. The van der Waals surface area contributed by atoms with Crippen molar-refractivity contribution in [1.82, 2.24) is 0 Å². The van der Waals surface area contributed by atoms with Gasteiger partial charge >= 0.3 is 5.97 Å². The summed E-state index contributed by atoms with van der Waals surface area (Å²) in [7, 11) is 0. The summed E-state index contributed by atoms with van der Waals surface area (Å²) in [4.78, 5) is 11.4. The van der Waals surface area contributed by atoms with Crippen LogP contribution in [0.25, 0.3) is 0 Å². The first-order valence-electron chi connectivity index (χ1n) is 5.23. The molecule has 1 aromatic rings. The molecule has 0 atom stereocenters. The Hall–Kier alpha value is -1.09. The number of rotatable bonds is 5. The first-order valence-corrected chi connectivity index (χ1v) is 6.02. The topological polar surface area (TPSA) is 26.3 Å². The van der Waals surface area contributed by atoms with E-state index in [-0.39, 0.29) is 5.97 Å². The van der Waals surface area contributed by atoms with E-state index in [0.29, 0.717) is 12.2 Å². The van der Waals surface area contributed by atoms with Crippen molar-refractivity contribution in [3.63, 3.8) is 0 Å². The van der Waals surface area contributed by atoms with Crippen LogP contribution in [-0.4, -0.2) is 12.6 Å². The van der Waals surface area contributed by atoms with Crippen molar-refractivity contribution in [2.75, 3.05) is 6.61 Å². The predicted octanol–water partition coefficient (Wildman–Crippen LogP) is 3.70. The summed E-state index contributed by atoms with van der Waals surface area (Å²) in [5.74, 6) is -0.265. The molecule has 0 fully saturated rings. The van der Waals surface area contributed by atoms with Gasteiger partial charge in [-0.15, -0.1) is 0 Å². The number of aryl methyl sites for hydroxylation is 1. The van der Waals surface area contributed by atoms with E-state index in [4.69, 9.17) is 4.74 Å². The largest absolute Gasteiger partial charge is 0.462 e. The molecule has 0 aromatic heterocycles. The zero-order chi connectivity index (χ0) is 12.0. The summed E-state index contributed by atoms with van der Waals surface area (Å²) in [5.41, 5.74) is 1.79. The van der Waals surface area contributed by atoms with Crippen LogP contribution in [-0.2, 0) is 11.2 Å². The van der Waals surface area contributed by atoms with E-state index in [2.05, 4.69) is 22.5 Å². The molecule has 1 rings (SSSR count). The third-order valence-corrected chi connectivity index (χ3v) is 2.55. The zero-order valence-electron chi connectivity index (χ0n) is 9.33. The van der Waals surface area contributed by atoms with Gasteiger partial charge in [0.15, 0.2) is 0 Å². The molecule has 0 saturated heterocycles. The van der Waals surface area contributed by atoms with Gasteiger partial charge < -0.3 is 4.74 Å². The lowest BCUT2D eigenvalue weighted by molar-refractivity contribution is 0.0526. The minimum absolute atomic E-state index is 0.265. The highest BCUT2D eigenvalue weighted by atomic mass is 79.9. The molecule has 1 aromatic carbocycles. The fourth-order valence-corrected chi connectivity index (χ4v) is 1.50. The predicted molar refractivity (Wildman–Crippen MR) is 68.8 cm³/mol. The summed E-state index contributed by atoms with van der Waals surface area (Å²) >= 11 is 3.32. The van der Waals surface area contributed by atoms with Gasteiger partial charge in [-0.1, -0.05) is 34.6 Å². The van der Waals surface area contributed by atoms with E-state index in [1.54, 1.807) is 19.1 Å². The Morgan fingerprint density at radius 2 is 2.00 bits per heavy atom. The minimum Gasteiger partial charge on any atom is -0.462 e. The highest BCUT2D eigenvalue weighted by molar-refractivity contribution is 9.11. The molecule has 0 heterocycles. The monoisotopic (exact) mass is 282 g/mol. The summed E-state index contributed by atoms with van der Waals surface area (Å²) in [5, 5.41) is 0. The van der Waals surface area contributed by atoms with Crippen molar-refractivity contribution in [3.05, 3.63) is 46.5 Å². The van der Waals surface area contributed by atoms with Gasteiger partial charge in [0, 0.05) is 0 Å². The number of esters is 1. The van der Waals surface area contributed by atoms with Gasteiger partial charge in [0.1, 0.15) is 0 Å². The average molecular weight is 283 g/mol. The van der Waals surface area contributed by atoms with Gasteiger partial charge in [-0.3, -0.25) is 0 Å². The normalized spacial score (nSPS) is 9.88. The number of carbonyl (C=O) groups is 1. The van der Waals surface area contributed by atoms with E-state index in [1.807, 2.05) is 12.1 Å². The number of carbonyl (C=O) groups excluding carboxylic acids is 1. The van der Waals surface area contributed by atoms with Crippen molar-refractivity contribution < 1.29 is 9.53 Å². The Morgan fingerprint density at radius 3 is 2.50 bits per heavy atom. The van der Waals surface area contributed by atoms with Gasteiger partial charge in [-0.05, 0) is 41.9 Å². The summed E-state index contributed by atoms with van der Waals surface area (Å²) in [6, 6.07) is 7.49. The van der Waals surface area contributed by atoms with Gasteiger partial charge in [0.2, 0.25) is 0 Å². The van der Waals surface area contributed by atoms with E-state index >= 15 is 0 Å². The molecule has 0 saturated carbocycles. The van der Waals surface area contributed by atoms with E-state index < -0.39 is 0 Å². The fourth-order valence-electron chi connectivity index (χ4n) is 1.30. The van der Waals surface area contributed by atoms with Crippen molar-refractivity contribution in [2.24, 2.45) is 0 Å². The van der Waals surface area contributed by atoms with Crippen LogP contribution < -0.4 is 0 Å². The van der Waals surface area contributed by atoms with Crippen LogP contribution in [0.1, 0.15) is 29.3 Å². The molecule has 0 bridgehead atoms. The second kappa shape index (κ2) is 6.48. The molecular weight excluding hydrogens is 268 g/mol. The van der Waals surface area contributed by atoms with Crippen molar-refractivity contribution in [3.8, 4) is 0 Å². The lowest BCUT2D eigenvalue weighted by Gasteiger charge is -2.03. The SMILES string of the molecule is C=C(Br)CCc1ccc(C(=O)OCC)cc1. The molecule has 0 amide bonds. The maximum absolute atomic E-state index is 11.4. The summed E-state index contributed by atoms with van der Waals surface area (Å²) < 4.78 is 5.89. The highest BCUT2D eigenvalue weighted by Gasteiger charge is 2.05. The quantitative estimate of drug-likeness (QED) is 0.770. The van der Waals surface area contributed by atoms with Crippen molar-refractivity contribution in [1.29, 1.82) is 0 Å². The standard InChI is InChI=1S/C13H15BrO2/c1-3-16-13(15)12-8-6-11(7-9-12)5-4-10(2)14/h6-9H,2-5H2,1H3. The molecule has 0 aliphatic carbocycles. The Bertz CT molecular complexity index is 368. The Morgan fingerprint density at radius 1 is 1.38 bits per heavy atom. The fraction of sp³-hybridized carbons (Fsp3) is 0.308. The molecule has 2 nitrogen and oxygen atoms in total. The molecule has 0 radical (unpaired) electrons. The van der Waals surface area contributed by atoms with E-state index in [0.717, 1.165) is 17.3 Å². The Kier molecular flexibility index (Phi) is 5.26. The van der Waals surface area contributed by atoms with Crippen LogP contribution in [0, 0.1) is 0 Å². The van der Waals surface area contributed by atoms with Crippen LogP contribution in [0.5, 0.6) is 0 Å². The van der Waals surface area contributed by atoms with Gasteiger partial charge in [0.05, 0.1) is 12.2 Å². The summed E-state index contributed by atoms with van der Waals surface area (Å²) in [6.07, 6.45) is 1.83. The van der Waals surface area contributed by atoms with Gasteiger partial charge in [0.25, 0.3) is 0 Å². The first-order chi connectivity index (χ1) is 7.63. The molecule has 0 N–H and O–H groups in total. The van der Waals surface area contributed by atoms with Crippen LogP contribution in [0.4, 0.5) is 0 Å². The van der Waals surface area contributed by atoms with Gasteiger partial charge in [-0.25, -0.2) is 4.79 Å². The lowest BCUT2D eigenvalue weighted by atomic mass is 10.1. The number of benzene rings is 1. The zero-order valence-corrected chi connectivity index (χ0v) is 10.9. The van der Waals surface area contributed by atoms with Crippen LogP contribution in [0.3, 0.4) is 0 Å². The van der Waals surface area contributed by atoms with Gasteiger partial charge in [-0.2, -0.15) is 0 Å². The van der Waals surface area contributed by atoms with Crippen molar-refractivity contribution in [2.45, 2.75) is 19.8 Å². The smallest absolute Gasteiger partial charge is 0.338 e. The highest BCUT2D eigenvalue weighted by Crippen LogP contribution is 2.13. The Labute approximate surface area is 104 Å². The second-order valence-electron chi connectivity index (χ2n) is 3.43. The number of hydrogen-bond donors (Lipinski definition) is 0. The molecule has 3 heteroatoms. The number of hydrogen-bond acceptors (Lipinski definition) is 2. The molecule has 86 valence electrons. The summed E-state index contributed by atoms with van der Waals surface area (Å²) in [6.45, 7) is 5.99. The third-order valence-electron chi connectivity index (χ3n) is 2.15. The Balaban J connectivity index is 2.60. The molecule has 0 aliphatic heterocycles. The molecule has 0 unspecified atom stereocenters. The lowest BCUT2D eigenvalue weighted by Crippen LogP contribution is -2.04. The van der Waals surface area contributed by atoms with E-state index in [1.165, 1.54) is 5.56 Å². The second-order valence-corrected chi connectivity index (χ2v) is 4.56. The van der Waals surface area contributed by atoms with Crippen molar-refractivity contribution >= 4 is 21.9 Å². The number of ether oxygens (including phenoxy) is 1. The van der Waals surface area contributed by atoms with Crippen LogP contribution in [0.15, 0.2) is 35.3 Å². The van der Waals surface area contributed by atoms with Crippen LogP contribution >= 0.6 is 15.9 Å².